The zero-order valence-corrected chi connectivity index (χ0v) is 18.0. The number of ether oxygens (including phenoxy) is 1. The van der Waals surface area contributed by atoms with Crippen molar-refractivity contribution in [1.82, 2.24) is 20.0 Å². The fourth-order valence-electron chi connectivity index (χ4n) is 4.48. The van der Waals surface area contributed by atoms with Crippen LogP contribution < -0.4 is 15.6 Å². The van der Waals surface area contributed by atoms with Crippen molar-refractivity contribution in [2.24, 2.45) is 5.92 Å². The molecule has 2 heterocycles. The lowest BCUT2D eigenvalue weighted by atomic mass is 9.85. The molecule has 4 rings (SSSR count). The Kier molecular flexibility index (Phi) is 6.32. The molecular weight excluding hydrogens is 392 g/mol. The number of aromatic nitrogens is 2. The standard InChI is InChI=1S/C24H28N4O3/c1-27-13-5-7-19(23(27)17-9-11-20(31-2)12-10-17)14-25-22(29)16-28-24(30)21-8-4-3-6-18(21)15-26-28/h3-4,6,8-12,15,19,23H,5,7,13-14,16H2,1-2H3,(H,25,29). The highest BCUT2D eigenvalue weighted by atomic mass is 16.5. The molecule has 1 amide bonds. The second-order valence-electron chi connectivity index (χ2n) is 8.10. The molecule has 1 aliphatic rings. The second-order valence-corrected chi connectivity index (χ2v) is 8.10. The number of carbonyl (C=O) groups excluding carboxylic acids is 1. The minimum Gasteiger partial charge on any atom is -0.497 e. The molecule has 0 saturated carbocycles. The van der Waals surface area contributed by atoms with Crippen LogP contribution in [0.4, 0.5) is 0 Å². The van der Waals surface area contributed by atoms with E-state index in [1.54, 1.807) is 19.4 Å². The first-order chi connectivity index (χ1) is 15.1. The number of carbonyl (C=O) groups is 1. The summed E-state index contributed by atoms with van der Waals surface area (Å²) >= 11 is 0. The van der Waals surface area contributed by atoms with Crippen molar-refractivity contribution in [3.05, 3.63) is 70.6 Å². The Labute approximate surface area is 181 Å². The predicted molar refractivity (Wildman–Crippen MR) is 120 cm³/mol. The molecule has 1 aromatic heterocycles. The van der Waals surface area contributed by atoms with Crippen molar-refractivity contribution in [2.45, 2.75) is 25.4 Å². The van der Waals surface area contributed by atoms with Crippen LogP contribution in [-0.4, -0.2) is 47.8 Å². The summed E-state index contributed by atoms with van der Waals surface area (Å²) in [6.45, 7) is 1.50. The van der Waals surface area contributed by atoms with Crippen LogP contribution in [0.1, 0.15) is 24.4 Å². The largest absolute Gasteiger partial charge is 0.497 e. The van der Waals surface area contributed by atoms with Gasteiger partial charge < -0.3 is 10.1 Å². The number of nitrogens with zero attached hydrogens (tertiary/aromatic N) is 3. The lowest BCUT2D eigenvalue weighted by molar-refractivity contribution is -0.122. The lowest BCUT2D eigenvalue weighted by Crippen LogP contribution is -2.43. The molecule has 162 valence electrons. The number of amides is 1. The number of hydrogen-bond acceptors (Lipinski definition) is 5. The molecule has 2 atom stereocenters. The second kappa shape index (κ2) is 9.31. The predicted octanol–water partition coefficient (Wildman–Crippen LogP) is 2.60. The Morgan fingerprint density at radius 3 is 2.74 bits per heavy atom. The maximum absolute atomic E-state index is 12.6. The molecule has 7 heteroatoms. The van der Waals surface area contributed by atoms with Crippen molar-refractivity contribution in [3.63, 3.8) is 0 Å². The van der Waals surface area contributed by atoms with Gasteiger partial charge in [-0.15, -0.1) is 0 Å². The first-order valence-corrected chi connectivity index (χ1v) is 10.6. The smallest absolute Gasteiger partial charge is 0.275 e. The van der Waals surface area contributed by atoms with Gasteiger partial charge in [-0.2, -0.15) is 5.10 Å². The molecule has 31 heavy (non-hydrogen) atoms. The van der Waals surface area contributed by atoms with Gasteiger partial charge in [0.2, 0.25) is 5.91 Å². The van der Waals surface area contributed by atoms with Crippen LogP contribution in [0.25, 0.3) is 10.8 Å². The quantitative estimate of drug-likeness (QED) is 0.663. The van der Waals surface area contributed by atoms with E-state index >= 15 is 0 Å². The summed E-state index contributed by atoms with van der Waals surface area (Å²) < 4.78 is 6.51. The number of methoxy groups -OCH3 is 1. The number of fused-ring (bicyclic) bond motifs is 1. The number of benzene rings is 2. The van der Waals surface area contributed by atoms with Crippen LogP contribution in [0, 0.1) is 5.92 Å². The van der Waals surface area contributed by atoms with Gasteiger partial charge in [-0.25, -0.2) is 4.68 Å². The molecule has 7 nitrogen and oxygen atoms in total. The summed E-state index contributed by atoms with van der Waals surface area (Å²) in [5.41, 5.74) is 0.969. The van der Waals surface area contributed by atoms with Crippen LogP contribution >= 0.6 is 0 Å². The van der Waals surface area contributed by atoms with Crippen molar-refractivity contribution < 1.29 is 9.53 Å². The van der Waals surface area contributed by atoms with E-state index in [4.69, 9.17) is 4.74 Å². The summed E-state index contributed by atoms with van der Waals surface area (Å²) in [7, 11) is 3.79. The summed E-state index contributed by atoms with van der Waals surface area (Å²) in [6, 6.07) is 15.6. The molecule has 2 aromatic carbocycles. The Hall–Kier alpha value is -3.19. The van der Waals surface area contributed by atoms with Gasteiger partial charge >= 0.3 is 0 Å². The molecule has 1 N–H and O–H groups in total. The summed E-state index contributed by atoms with van der Waals surface area (Å²) in [4.78, 5) is 27.6. The zero-order chi connectivity index (χ0) is 21.8. The van der Waals surface area contributed by atoms with Crippen molar-refractivity contribution in [1.29, 1.82) is 0 Å². The Bertz CT molecular complexity index is 1110. The highest BCUT2D eigenvalue weighted by Gasteiger charge is 2.30. The number of likely N-dealkylation sites (tertiary alicyclic amines) is 1. The van der Waals surface area contributed by atoms with Crippen LogP contribution in [0.5, 0.6) is 5.75 Å². The summed E-state index contributed by atoms with van der Waals surface area (Å²) in [5, 5.41) is 8.53. The van der Waals surface area contributed by atoms with Gasteiger partial charge in [0, 0.05) is 18.0 Å². The summed E-state index contributed by atoms with van der Waals surface area (Å²) in [5.74, 6) is 0.921. The Balaban J connectivity index is 1.43. The average molecular weight is 421 g/mol. The van der Waals surface area contributed by atoms with Crippen LogP contribution in [-0.2, 0) is 11.3 Å². The molecule has 2 unspecified atom stereocenters. The molecule has 0 bridgehead atoms. The van der Waals surface area contributed by atoms with Gasteiger partial charge in [0.15, 0.2) is 0 Å². The lowest BCUT2D eigenvalue weighted by Gasteiger charge is -2.39. The first-order valence-electron chi connectivity index (χ1n) is 10.6. The fourth-order valence-corrected chi connectivity index (χ4v) is 4.48. The van der Waals surface area contributed by atoms with Gasteiger partial charge in [0.25, 0.3) is 5.56 Å². The molecule has 0 radical (unpaired) electrons. The zero-order valence-electron chi connectivity index (χ0n) is 18.0. The normalized spacial score (nSPS) is 19.3. The SMILES string of the molecule is COc1ccc(C2C(CNC(=O)Cn3ncc4ccccc4c3=O)CCCN2C)cc1. The molecule has 0 spiro atoms. The van der Waals surface area contributed by atoms with E-state index in [0.717, 1.165) is 30.5 Å². The van der Waals surface area contributed by atoms with Gasteiger partial charge in [-0.1, -0.05) is 30.3 Å². The number of nitrogens with one attached hydrogen (secondary N) is 1. The minimum absolute atomic E-state index is 0.0839. The van der Waals surface area contributed by atoms with E-state index in [0.29, 0.717) is 11.9 Å². The number of hydrogen-bond donors (Lipinski definition) is 1. The maximum Gasteiger partial charge on any atom is 0.275 e. The Morgan fingerprint density at radius 1 is 1.19 bits per heavy atom. The van der Waals surface area contributed by atoms with Gasteiger partial charge in [-0.05, 0) is 56.1 Å². The van der Waals surface area contributed by atoms with Gasteiger partial charge in [-0.3, -0.25) is 14.5 Å². The Morgan fingerprint density at radius 2 is 1.97 bits per heavy atom. The van der Waals surface area contributed by atoms with E-state index in [1.165, 1.54) is 10.2 Å². The van der Waals surface area contributed by atoms with Gasteiger partial charge in [0.1, 0.15) is 12.3 Å². The third-order valence-corrected chi connectivity index (χ3v) is 6.08. The maximum atomic E-state index is 12.6. The molecular formula is C24H28N4O3. The first kappa shape index (κ1) is 21.1. The van der Waals surface area contributed by atoms with Crippen LogP contribution in [0.3, 0.4) is 0 Å². The third-order valence-electron chi connectivity index (χ3n) is 6.08. The van der Waals surface area contributed by atoms with E-state index < -0.39 is 0 Å². The van der Waals surface area contributed by atoms with E-state index in [-0.39, 0.29) is 30.0 Å². The highest BCUT2D eigenvalue weighted by Crippen LogP contribution is 2.35. The summed E-state index contributed by atoms with van der Waals surface area (Å²) in [6.07, 6.45) is 3.75. The monoisotopic (exact) mass is 420 g/mol. The topological polar surface area (TPSA) is 76.5 Å². The van der Waals surface area contributed by atoms with E-state index in [1.807, 2.05) is 30.3 Å². The molecule has 0 aliphatic carbocycles. The minimum atomic E-state index is -0.248. The van der Waals surface area contributed by atoms with Gasteiger partial charge in [0.05, 0.1) is 18.7 Å². The van der Waals surface area contributed by atoms with Crippen LogP contribution in [0.15, 0.2) is 59.5 Å². The fraction of sp³-hybridized carbons (Fsp3) is 0.375. The average Bonchev–Trinajstić information content (AvgIpc) is 2.80. The van der Waals surface area contributed by atoms with Crippen LogP contribution in [0.2, 0.25) is 0 Å². The highest BCUT2D eigenvalue weighted by molar-refractivity contribution is 5.81. The molecule has 1 aliphatic heterocycles. The van der Waals surface area contributed by atoms with E-state index in [2.05, 4.69) is 34.5 Å². The number of piperidine rings is 1. The molecule has 1 fully saturated rings. The number of rotatable bonds is 6. The molecule has 3 aromatic rings. The van der Waals surface area contributed by atoms with E-state index in [9.17, 15) is 9.59 Å². The van der Waals surface area contributed by atoms with Crippen molar-refractivity contribution in [2.75, 3.05) is 27.2 Å². The van der Waals surface area contributed by atoms with Crippen molar-refractivity contribution >= 4 is 16.7 Å². The molecule has 1 saturated heterocycles. The van der Waals surface area contributed by atoms with Crippen molar-refractivity contribution in [3.8, 4) is 5.75 Å². The third kappa shape index (κ3) is 4.61.